The van der Waals surface area contributed by atoms with E-state index in [0.29, 0.717) is 17.9 Å². The van der Waals surface area contributed by atoms with Gasteiger partial charge in [0.2, 0.25) is 5.91 Å². The zero-order valence-corrected chi connectivity index (χ0v) is 20.9. The smallest absolute Gasteiger partial charge is 0.305 e. The molecule has 2 aromatic carbocycles. The standard InChI is InChI=1S/C28H31F2N3O5/c29-21-11-9-19(10-12-21)23(17-25(35)36)31-26(37)27-32(24(34)13-8-18-4-1-2-5-18)14-15-33(27)28(38)20-6-3-7-22(30)16-20/h3,6-7,9-12,16,18,23,27H,1-2,4-5,8,13-15,17H2,(H,31,37)(H,35,36). The maximum atomic E-state index is 13.8. The number of nitrogens with zero attached hydrogens (tertiary/aromatic N) is 2. The average molecular weight is 528 g/mol. The zero-order valence-electron chi connectivity index (χ0n) is 20.9. The molecule has 2 N–H and O–H groups in total. The molecule has 0 bridgehead atoms. The van der Waals surface area contributed by atoms with Crippen LogP contribution in [0.1, 0.15) is 66.9 Å². The number of halogens is 2. The van der Waals surface area contributed by atoms with Gasteiger partial charge in [-0.2, -0.15) is 0 Å². The molecule has 1 aliphatic heterocycles. The number of benzene rings is 2. The SMILES string of the molecule is O=C(O)CC(NC(=O)C1N(C(=O)CCC2CCCC2)CCN1C(=O)c1cccc(F)c1)c1ccc(F)cc1. The Morgan fingerprint density at radius 2 is 1.63 bits per heavy atom. The predicted octanol–water partition coefficient (Wildman–Crippen LogP) is 3.88. The largest absolute Gasteiger partial charge is 0.481 e. The van der Waals surface area contributed by atoms with Gasteiger partial charge >= 0.3 is 5.97 Å². The third kappa shape index (κ3) is 6.54. The van der Waals surface area contributed by atoms with E-state index in [1.165, 1.54) is 40.1 Å². The molecule has 1 aliphatic carbocycles. The van der Waals surface area contributed by atoms with E-state index < -0.39 is 48.0 Å². The lowest BCUT2D eigenvalue weighted by atomic mass is 10.0. The molecule has 10 heteroatoms. The summed E-state index contributed by atoms with van der Waals surface area (Å²) < 4.78 is 27.3. The van der Waals surface area contributed by atoms with Crippen LogP contribution < -0.4 is 5.32 Å². The summed E-state index contributed by atoms with van der Waals surface area (Å²) in [6, 6.07) is 9.11. The summed E-state index contributed by atoms with van der Waals surface area (Å²) in [5.74, 6) is -3.50. The van der Waals surface area contributed by atoms with Crippen LogP contribution in [0.25, 0.3) is 0 Å². The summed E-state index contributed by atoms with van der Waals surface area (Å²) in [5, 5.41) is 12.1. The number of carboxylic acid groups (broad SMARTS) is 1. The number of nitrogens with one attached hydrogen (secondary N) is 1. The van der Waals surface area contributed by atoms with Gasteiger partial charge in [-0.15, -0.1) is 0 Å². The maximum Gasteiger partial charge on any atom is 0.305 e. The molecule has 2 aliphatic rings. The minimum atomic E-state index is -1.33. The van der Waals surface area contributed by atoms with Gasteiger partial charge in [-0.05, 0) is 48.2 Å². The van der Waals surface area contributed by atoms with Crippen molar-refractivity contribution in [2.75, 3.05) is 13.1 Å². The van der Waals surface area contributed by atoms with E-state index in [2.05, 4.69) is 5.32 Å². The number of amides is 3. The number of carbonyl (C=O) groups excluding carboxylic acids is 3. The van der Waals surface area contributed by atoms with Crippen LogP contribution in [0, 0.1) is 17.6 Å². The summed E-state index contributed by atoms with van der Waals surface area (Å²) in [6.07, 6.45) is 3.50. The van der Waals surface area contributed by atoms with Gasteiger partial charge in [-0.1, -0.05) is 43.9 Å². The van der Waals surface area contributed by atoms with Crippen molar-refractivity contribution in [3.05, 3.63) is 71.3 Å². The molecule has 2 unspecified atom stereocenters. The Labute approximate surface area is 219 Å². The van der Waals surface area contributed by atoms with Crippen LogP contribution >= 0.6 is 0 Å². The van der Waals surface area contributed by atoms with Crippen molar-refractivity contribution in [1.29, 1.82) is 0 Å². The summed E-state index contributed by atoms with van der Waals surface area (Å²) >= 11 is 0. The molecule has 1 saturated carbocycles. The van der Waals surface area contributed by atoms with Crippen molar-refractivity contribution in [1.82, 2.24) is 15.1 Å². The van der Waals surface area contributed by atoms with Crippen molar-refractivity contribution in [3.63, 3.8) is 0 Å². The van der Waals surface area contributed by atoms with Crippen LogP contribution in [-0.2, 0) is 14.4 Å². The molecular formula is C28H31F2N3O5. The lowest BCUT2D eigenvalue weighted by Gasteiger charge is -2.31. The fraction of sp³-hybridized carbons (Fsp3) is 0.429. The second kappa shape index (κ2) is 12.1. The summed E-state index contributed by atoms with van der Waals surface area (Å²) in [6.45, 7) is 0.172. The van der Waals surface area contributed by atoms with Crippen molar-refractivity contribution in [3.8, 4) is 0 Å². The molecule has 38 heavy (non-hydrogen) atoms. The first-order valence-electron chi connectivity index (χ1n) is 12.9. The first kappa shape index (κ1) is 27.2. The number of hydrogen-bond acceptors (Lipinski definition) is 4. The maximum absolute atomic E-state index is 13.8. The van der Waals surface area contributed by atoms with E-state index in [0.717, 1.165) is 43.9 Å². The first-order valence-corrected chi connectivity index (χ1v) is 12.9. The van der Waals surface area contributed by atoms with Crippen LogP contribution in [-0.4, -0.2) is 57.9 Å². The Balaban J connectivity index is 1.58. The van der Waals surface area contributed by atoms with Gasteiger partial charge in [0.1, 0.15) is 11.6 Å². The molecule has 0 aromatic heterocycles. The third-order valence-electron chi connectivity index (χ3n) is 7.27. The van der Waals surface area contributed by atoms with Gasteiger partial charge in [0.25, 0.3) is 11.8 Å². The molecule has 1 saturated heterocycles. The van der Waals surface area contributed by atoms with E-state index in [9.17, 15) is 33.1 Å². The number of carboxylic acids is 1. The highest BCUT2D eigenvalue weighted by Crippen LogP contribution is 2.30. The van der Waals surface area contributed by atoms with Crippen molar-refractivity contribution in [2.24, 2.45) is 5.92 Å². The Morgan fingerprint density at radius 3 is 2.29 bits per heavy atom. The van der Waals surface area contributed by atoms with Crippen LogP contribution in [0.5, 0.6) is 0 Å². The molecule has 0 radical (unpaired) electrons. The van der Waals surface area contributed by atoms with E-state index in [-0.39, 0.29) is 31.0 Å². The van der Waals surface area contributed by atoms with E-state index in [1.54, 1.807) is 0 Å². The number of carbonyl (C=O) groups is 4. The molecule has 8 nitrogen and oxygen atoms in total. The Hall–Kier alpha value is -3.82. The van der Waals surface area contributed by atoms with Gasteiger partial charge in [-0.3, -0.25) is 19.2 Å². The quantitative estimate of drug-likeness (QED) is 0.515. The monoisotopic (exact) mass is 527 g/mol. The highest BCUT2D eigenvalue weighted by atomic mass is 19.1. The van der Waals surface area contributed by atoms with Gasteiger partial charge < -0.3 is 20.2 Å². The Morgan fingerprint density at radius 1 is 0.947 bits per heavy atom. The van der Waals surface area contributed by atoms with Crippen molar-refractivity contribution in [2.45, 2.75) is 57.2 Å². The average Bonchev–Trinajstić information content (AvgIpc) is 3.57. The molecule has 4 rings (SSSR count). The molecule has 3 amide bonds. The molecule has 202 valence electrons. The highest BCUT2D eigenvalue weighted by molar-refractivity contribution is 5.99. The van der Waals surface area contributed by atoms with Crippen molar-refractivity contribution < 1.29 is 33.1 Å². The van der Waals surface area contributed by atoms with E-state index in [4.69, 9.17) is 0 Å². The number of aliphatic carboxylic acids is 1. The van der Waals surface area contributed by atoms with Crippen molar-refractivity contribution >= 4 is 23.7 Å². The lowest BCUT2D eigenvalue weighted by molar-refractivity contribution is -0.143. The summed E-state index contributed by atoms with van der Waals surface area (Å²) in [5.41, 5.74) is 0.394. The van der Waals surface area contributed by atoms with Gasteiger partial charge in [0, 0.05) is 25.1 Å². The minimum Gasteiger partial charge on any atom is -0.481 e. The predicted molar refractivity (Wildman–Crippen MR) is 134 cm³/mol. The van der Waals surface area contributed by atoms with Gasteiger partial charge in [-0.25, -0.2) is 8.78 Å². The fourth-order valence-electron chi connectivity index (χ4n) is 5.31. The lowest BCUT2D eigenvalue weighted by Crippen LogP contribution is -2.54. The molecule has 1 heterocycles. The van der Waals surface area contributed by atoms with Crippen LogP contribution in [0.3, 0.4) is 0 Å². The van der Waals surface area contributed by atoms with E-state index in [1.807, 2.05) is 0 Å². The topological polar surface area (TPSA) is 107 Å². The fourth-order valence-corrected chi connectivity index (χ4v) is 5.31. The Bertz CT molecular complexity index is 1180. The highest BCUT2D eigenvalue weighted by Gasteiger charge is 2.43. The Kier molecular flexibility index (Phi) is 8.70. The first-order chi connectivity index (χ1) is 18.2. The van der Waals surface area contributed by atoms with Crippen LogP contribution in [0.15, 0.2) is 48.5 Å². The number of rotatable bonds is 9. The van der Waals surface area contributed by atoms with Gasteiger partial charge in [0.05, 0.1) is 12.5 Å². The zero-order chi connectivity index (χ0) is 27.2. The summed E-state index contributed by atoms with van der Waals surface area (Å²) in [7, 11) is 0. The second-order valence-corrected chi connectivity index (χ2v) is 9.87. The van der Waals surface area contributed by atoms with E-state index >= 15 is 0 Å². The van der Waals surface area contributed by atoms with Crippen LogP contribution in [0.4, 0.5) is 8.78 Å². The number of hydrogen-bond donors (Lipinski definition) is 2. The van der Waals surface area contributed by atoms with Gasteiger partial charge in [0.15, 0.2) is 6.17 Å². The van der Waals surface area contributed by atoms with Crippen LogP contribution in [0.2, 0.25) is 0 Å². The molecule has 2 aromatic rings. The molecule has 0 spiro atoms. The minimum absolute atomic E-state index is 0.0312. The second-order valence-electron chi connectivity index (χ2n) is 9.87. The summed E-state index contributed by atoms with van der Waals surface area (Å²) in [4.78, 5) is 54.3. The third-order valence-corrected chi connectivity index (χ3v) is 7.27. The molecule has 2 fully saturated rings. The molecular weight excluding hydrogens is 496 g/mol. The normalized spacial score (nSPS) is 18.4. The molecule has 2 atom stereocenters.